The highest BCUT2D eigenvalue weighted by molar-refractivity contribution is 5.81. The number of carboxylic acids is 1. The van der Waals surface area contributed by atoms with Gasteiger partial charge in [0.1, 0.15) is 11.5 Å². The fourth-order valence-electron chi connectivity index (χ4n) is 2.85. The van der Waals surface area contributed by atoms with E-state index in [1.54, 1.807) is 36.3 Å². The van der Waals surface area contributed by atoms with E-state index in [0.29, 0.717) is 24.5 Å². The lowest BCUT2D eigenvalue weighted by molar-refractivity contribution is -0.151. The van der Waals surface area contributed by atoms with E-state index in [2.05, 4.69) is 0 Å². The Bertz CT molecular complexity index is 569. The van der Waals surface area contributed by atoms with Gasteiger partial charge in [0.25, 0.3) is 5.91 Å². The summed E-state index contributed by atoms with van der Waals surface area (Å²) < 4.78 is 10.5. The van der Waals surface area contributed by atoms with Gasteiger partial charge >= 0.3 is 5.97 Å². The van der Waals surface area contributed by atoms with Crippen molar-refractivity contribution in [3.63, 3.8) is 0 Å². The molecule has 1 aliphatic rings. The molecule has 1 atom stereocenters. The fraction of sp³-hybridized carbons (Fsp3) is 0.529. The predicted molar refractivity (Wildman–Crippen MR) is 84.6 cm³/mol. The summed E-state index contributed by atoms with van der Waals surface area (Å²) in [4.78, 5) is 25.4. The zero-order valence-electron chi connectivity index (χ0n) is 13.7. The normalized spacial score (nSPS) is 20.6. The topological polar surface area (TPSA) is 76.1 Å². The van der Waals surface area contributed by atoms with Crippen LogP contribution in [-0.2, 0) is 9.59 Å². The van der Waals surface area contributed by atoms with Crippen molar-refractivity contribution in [2.45, 2.75) is 20.3 Å². The zero-order chi connectivity index (χ0) is 17.0. The average molecular weight is 321 g/mol. The van der Waals surface area contributed by atoms with Crippen LogP contribution in [0.5, 0.6) is 11.5 Å². The zero-order valence-corrected chi connectivity index (χ0v) is 13.7. The molecule has 0 aromatic heterocycles. The van der Waals surface area contributed by atoms with Gasteiger partial charge in [-0.25, -0.2) is 0 Å². The molecule has 126 valence electrons. The first kappa shape index (κ1) is 17.1. The number of aliphatic carboxylic acids is 1. The first-order chi connectivity index (χ1) is 10.9. The second-order valence-electron chi connectivity index (χ2n) is 6.15. The Kier molecular flexibility index (Phi) is 5.13. The van der Waals surface area contributed by atoms with Crippen molar-refractivity contribution in [1.29, 1.82) is 0 Å². The van der Waals surface area contributed by atoms with Crippen molar-refractivity contribution in [2.75, 3.05) is 26.8 Å². The number of carboxylic acid groups (broad SMARTS) is 1. The Morgan fingerprint density at radius 1 is 1.26 bits per heavy atom. The second kappa shape index (κ2) is 6.89. The molecule has 0 saturated carbocycles. The van der Waals surface area contributed by atoms with Crippen molar-refractivity contribution < 1.29 is 24.2 Å². The van der Waals surface area contributed by atoms with Crippen LogP contribution in [0.1, 0.15) is 20.3 Å². The smallest absolute Gasteiger partial charge is 0.311 e. The summed E-state index contributed by atoms with van der Waals surface area (Å²) in [6.07, 6.45) is 0.480. The summed E-state index contributed by atoms with van der Waals surface area (Å²) in [6.45, 7) is 4.37. The molecule has 6 heteroatoms. The van der Waals surface area contributed by atoms with Gasteiger partial charge in [0, 0.05) is 13.1 Å². The van der Waals surface area contributed by atoms with E-state index in [9.17, 15) is 14.7 Å². The first-order valence-corrected chi connectivity index (χ1v) is 7.67. The van der Waals surface area contributed by atoms with E-state index in [4.69, 9.17) is 9.47 Å². The minimum absolute atomic E-state index is 0.0275. The molecular weight excluding hydrogens is 298 g/mol. The number of ether oxygens (including phenoxy) is 2. The molecule has 1 heterocycles. The Balaban J connectivity index is 1.92. The predicted octanol–water partition coefficient (Wildman–Crippen LogP) is 2.03. The molecule has 1 N–H and O–H groups in total. The standard InChI is InChI=1S/C17H23NO5/c1-12(2)17(16(20)21)8-9-18(11-17)15(19)10-23-14-6-4-13(22-3)5-7-14/h4-7,12H,8-11H2,1-3H3,(H,20,21). The molecule has 0 radical (unpaired) electrons. The van der Waals surface area contributed by atoms with Crippen LogP contribution in [0.4, 0.5) is 0 Å². The third-order valence-electron chi connectivity index (χ3n) is 4.61. The lowest BCUT2D eigenvalue weighted by Crippen LogP contribution is -2.41. The number of rotatable bonds is 6. The quantitative estimate of drug-likeness (QED) is 0.867. The third-order valence-corrected chi connectivity index (χ3v) is 4.61. The summed E-state index contributed by atoms with van der Waals surface area (Å²) in [5.41, 5.74) is -0.851. The van der Waals surface area contributed by atoms with Gasteiger partial charge in [-0.1, -0.05) is 13.8 Å². The van der Waals surface area contributed by atoms with Gasteiger partial charge in [-0.2, -0.15) is 0 Å². The van der Waals surface area contributed by atoms with Gasteiger partial charge in [0.15, 0.2) is 6.61 Å². The van der Waals surface area contributed by atoms with E-state index in [1.165, 1.54) is 0 Å². The number of benzene rings is 1. The molecule has 2 rings (SSSR count). The number of amides is 1. The molecule has 1 aromatic rings. The van der Waals surface area contributed by atoms with Crippen molar-refractivity contribution >= 4 is 11.9 Å². The van der Waals surface area contributed by atoms with Gasteiger partial charge in [-0.3, -0.25) is 9.59 Å². The molecule has 23 heavy (non-hydrogen) atoms. The van der Waals surface area contributed by atoms with Crippen LogP contribution in [-0.4, -0.2) is 48.7 Å². The van der Waals surface area contributed by atoms with E-state index in [-0.39, 0.29) is 25.0 Å². The number of hydrogen-bond donors (Lipinski definition) is 1. The molecule has 1 aliphatic heterocycles. The maximum absolute atomic E-state index is 12.3. The third kappa shape index (κ3) is 3.57. The lowest BCUT2D eigenvalue weighted by Gasteiger charge is -2.28. The van der Waals surface area contributed by atoms with Crippen LogP contribution >= 0.6 is 0 Å². The van der Waals surface area contributed by atoms with Crippen molar-refractivity contribution in [1.82, 2.24) is 4.90 Å². The van der Waals surface area contributed by atoms with Crippen LogP contribution in [0.2, 0.25) is 0 Å². The molecule has 1 amide bonds. The fourth-order valence-corrected chi connectivity index (χ4v) is 2.85. The Hall–Kier alpha value is -2.24. The SMILES string of the molecule is COc1ccc(OCC(=O)N2CCC(C(=O)O)(C(C)C)C2)cc1. The highest BCUT2D eigenvalue weighted by Gasteiger charge is 2.48. The number of likely N-dealkylation sites (tertiary alicyclic amines) is 1. The van der Waals surface area contributed by atoms with Crippen molar-refractivity contribution in [3.05, 3.63) is 24.3 Å². The van der Waals surface area contributed by atoms with Crippen molar-refractivity contribution in [2.24, 2.45) is 11.3 Å². The molecule has 0 spiro atoms. The Labute approximate surface area is 136 Å². The number of carbonyl (C=O) groups excluding carboxylic acids is 1. The molecule has 0 aliphatic carbocycles. The van der Waals surface area contributed by atoms with Crippen LogP contribution in [0, 0.1) is 11.3 Å². The van der Waals surface area contributed by atoms with E-state index in [1.807, 2.05) is 13.8 Å². The number of nitrogens with zero attached hydrogens (tertiary/aromatic N) is 1. The van der Waals surface area contributed by atoms with Gasteiger partial charge in [-0.15, -0.1) is 0 Å². The average Bonchev–Trinajstić information content (AvgIpc) is 3.00. The van der Waals surface area contributed by atoms with Crippen LogP contribution in [0.15, 0.2) is 24.3 Å². The summed E-state index contributed by atoms with van der Waals surface area (Å²) >= 11 is 0. The van der Waals surface area contributed by atoms with Gasteiger partial charge in [0.2, 0.25) is 0 Å². The molecule has 1 saturated heterocycles. The molecule has 0 bridgehead atoms. The number of carbonyl (C=O) groups is 2. The second-order valence-corrected chi connectivity index (χ2v) is 6.15. The maximum atomic E-state index is 12.3. The van der Waals surface area contributed by atoms with E-state index < -0.39 is 11.4 Å². The molecule has 1 fully saturated rings. The van der Waals surface area contributed by atoms with Crippen LogP contribution in [0.3, 0.4) is 0 Å². The van der Waals surface area contributed by atoms with E-state index >= 15 is 0 Å². The lowest BCUT2D eigenvalue weighted by atomic mass is 9.76. The Morgan fingerprint density at radius 2 is 1.87 bits per heavy atom. The van der Waals surface area contributed by atoms with Crippen molar-refractivity contribution in [3.8, 4) is 11.5 Å². The highest BCUT2D eigenvalue weighted by atomic mass is 16.5. The van der Waals surface area contributed by atoms with E-state index in [0.717, 1.165) is 0 Å². The minimum Gasteiger partial charge on any atom is -0.497 e. The van der Waals surface area contributed by atoms with Crippen LogP contribution in [0.25, 0.3) is 0 Å². The van der Waals surface area contributed by atoms with Gasteiger partial charge < -0.3 is 19.5 Å². The summed E-state index contributed by atoms with van der Waals surface area (Å²) in [5, 5.41) is 9.51. The maximum Gasteiger partial charge on any atom is 0.311 e. The minimum atomic E-state index is -0.851. The molecular formula is C17H23NO5. The monoisotopic (exact) mass is 321 g/mol. The molecule has 1 unspecified atom stereocenters. The summed E-state index contributed by atoms with van der Waals surface area (Å²) in [5.74, 6) is 0.238. The molecule has 6 nitrogen and oxygen atoms in total. The van der Waals surface area contributed by atoms with Crippen LogP contribution < -0.4 is 9.47 Å². The first-order valence-electron chi connectivity index (χ1n) is 7.67. The van der Waals surface area contributed by atoms with Gasteiger partial charge in [0.05, 0.1) is 12.5 Å². The number of methoxy groups -OCH3 is 1. The molecule has 1 aromatic carbocycles. The highest BCUT2D eigenvalue weighted by Crippen LogP contribution is 2.38. The summed E-state index contributed by atoms with van der Waals surface area (Å²) in [6, 6.07) is 6.96. The Morgan fingerprint density at radius 3 is 2.35 bits per heavy atom. The summed E-state index contributed by atoms with van der Waals surface area (Å²) in [7, 11) is 1.58. The number of hydrogen-bond acceptors (Lipinski definition) is 4. The largest absolute Gasteiger partial charge is 0.497 e. The van der Waals surface area contributed by atoms with Gasteiger partial charge in [-0.05, 0) is 36.6 Å².